The van der Waals surface area contributed by atoms with Crippen LogP contribution in [0.2, 0.25) is 0 Å². The zero-order chi connectivity index (χ0) is 11.2. The van der Waals surface area contributed by atoms with Gasteiger partial charge < -0.3 is 5.11 Å². The highest BCUT2D eigenvalue weighted by molar-refractivity contribution is 4.88. The molecule has 0 fully saturated rings. The van der Waals surface area contributed by atoms with Gasteiger partial charge in [0.25, 0.3) is 0 Å². The molecule has 2 atom stereocenters. The van der Waals surface area contributed by atoms with Crippen LogP contribution in [0.3, 0.4) is 0 Å². The second-order valence-corrected chi connectivity index (χ2v) is 5.51. The van der Waals surface area contributed by atoms with E-state index in [1.165, 1.54) is 6.42 Å². The van der Waals surface area contributed by atoms with Crippen LogP contribution in [0.5, 0.6) is 0 Å². The van der Waals surface area contributed by atoms with Gasteiger partial charge in [-0.25, -0.2) is 0 Å². The van der Waals surface area contributed by atoms with Crippen molar-refractivity contribution in [2.24, 2.45) is 11.3 Å². The molecule has 14 heavy (non-hydrogen) atoms. The molecule has 0 amide bonds. The van der Waals surface area contributed by atoms with Gasteiger partial charge in [-0.15, -0.1) is 0 Å². The third kappa shape index (κ3) is 8.31. The predicted molar refractivity (Wildman–Crippen MR) is 63.3 cm³/mol. The minimum Gasteiger partial charge on any atom is -0.389 e. The van der Waals surface area contributed by atoms with Crippen molar-refractivity contribution in [1.29, 1.82) is 0 Å². The maximum absolute atomic E-state index is 9.66. The standard InChI is InChI=1S/C13H26O/c1-6-7-8-12(14)9-11(2)10-13(3,4)5/h7-8,11-12,14H,6,9-10H2,1-5H3. The molecule has 0 aliphatic carbocycles. The number of allylic oxidation sites excluding steroid dienone is 1. The van der Waals surface area contributed by atoms with Crippen molar-refractivity contribution in [2.45, 2.75) is 60.0 Å². The second-order valence-electron chi connectivity index (χ2n) is 5.51. The van der Waals surface area contributed by atoms with Gasteiger partial charge in [0.15, 0.2) is 0 Å². The van der Waals surface area contributed by atoms with Crippen LogP contribution in [-0.2, 0) is 0 Å². The van der Waals surface area contributed by atoms with E-state index in [1.807, 2.05) is 12.2 Å². The van der Waals surface area contributed by atoms with Gasteiger partial charge in [-0.05, 0) is 30.6 Å². The average Bonchev–Trinajstić information content (AvgIpc) is 1.96. The molecule has 1 N–H and O–H groups in total. The van der Waals surface area contributed by atoms with E-state index in [9.17, 15) is 5.11 Å². The molecule has 0 radical (unpaired) electrons. The summed E-state index contributed by atoms with van der Waals surface area (Å²) in [6, 6.07) is 0. The van der Waals surface area contributed by atoms with E-state index in [0.717, 1.165) is 12.8 Å². The van der Waals surface area contributed by atoms with Gasteiger partial charge in [0.2, 0.25) is 0 Å². The Hall–Kier alpha value is -0.300. The second kappa shape index (κ2) is 6.23. The number of rotatable bonds is 5. The lowest BCUT2D eigenvalue weighted by atomic mass is 9.83. The topological polar surface area (TPSA) is 20.2 Å². The van der Waals surface area contributed by atoms with Crippen molar-refractivity contribution in [3.8, 4) is 0 Å². The van der Waals surface area contributed by atoms with Crippen molar-refractivity contribution in [2.75, 3.05) is 0 Å². The molecule has 0 aliphatic rings. The van der Waals surface area contributed by atoms with Crippen LogP contribution in [-0.4, -0.2) is 11.2 Å². The molecule has 1 nitrogen and oxygen atoms in total. The third-order valence-electron chi connectivity index (χ3n) is 2.20. The minimum atomic E-state index is -0.257. The van der Waals surface area contributed by atoms with Crippen molar-refractivity contribution >= 4 is 0 Å². The molecule has 2 unspecified atom stereocenters. The zero-order valence-corrected chi connectivity index (χ0v) is 10.4. The van der Waals surface area contributed by atoms with Gasteiger partial charge in [0, 0.05) is 0 Å². The summed E-state index contributed by atoms with van der Waals surface area (Å²) in [6.45, 7) is 11.0. The smallest absolute Gasteiger partial charge is 0.0723 e. The van der Waals surface area contributed by atoms with Crippen LogP contribution in [0.1, 0.15) is 53.9 Å². The third-order valence-corrected chi connectivity index (χ3v) is 2.20. The Morgan fingerprint density at radius 3 is 2.29 bits per heavy atom. The van der Waals surface area contributed by atoms with Gasteiger partial charge in [0.1, 0.15) is 0 Å². The molecule has 0 aromatic carbocycles. The van der Waals surface area contributed by atoms with Gasteiger partial charge in [-0.2, -0.15) is 0 Å². The fraction of sp³-hybridized carbons (Fsp3) is 0.846. The summed E-state index contributed by atoms with van der Waals surface area (Å²) in [7, 11) is 0. The summed E-state index contributed by atoms with van der Waals surface area (Å²) < 4.78 is 0. The molecule has 0 saturated carbocycles. The van der Waals surface area contributed by atoms with Crippen LogP contribution in [0, 0.1) is 11.3 Å². The van der Waals surface area contributed by atoms with Crippen LogP contribution < -0.4 is 0 Å². The summed E-state index contributed by atoms with van der Waals surface area (Å²) >= 11 is 0. The van der Waals surface area contributed by atoms with Crippen molar-refractivity contribution < 1.29 is 5.11 Å². The zero-order valence-electron chi connectivity index (χ0n) is 10.4. The first-order valence-corrected chi connectivity index (χ1v) is 5.70. The summed E-state index contributed by atoms with van der Waals surface area (Å²) in [5.74, 6) is 0.589. The van der Waals surface area contributed by atoms with E-state index in [2.05, 4.69) is 34.6 Å². The van der Waals surface area contributed by atoms with Gasteiger partial charge >= 0.3 is 0 Å². The molecule has 0 aromatic heterocycles. The first-order chi connectivity index (χ1) is 6.35. The lowest BCUT2D eigenvalue weighted by Gasteiger charge is -2.24. The van der Waals surface area contributed by atoms with Crippen LogP contribution in [0.15, 0.2) is 12.2 Å². The molecule has 0 bridgehead atoms. The number of aliphatic hydroxyl groups excluding tert-OH is 1. The highest BCUT2D eigenvalue weighted by atomic mass is 16.3. The number of aliphatic hydroxyl groups is 1. The normalized spacial score (nSPS) is 17.3. The fourth-order valence-corrected chi connectivity index (χ4v) is 1.91. The molecule has 84 valence electrons. The molecule has 0 aromatic rings. The maximum Gasteiger partial charge on any atom is 0.0723 e. The Morgan fingerprint density at radius 2 is 1.86 bits per heavy atom. The van der Waals surface area contributed by atoms with Gasteiger partial charge in [-0.1, -0.05) is 46.8 Å². The molecule has 0 saturated heterocycles. The van der Waals surface area contributed by atoms with E-state index in [-0.39, 0.29) is 6.10 Å². The lowest BCUT2D eigenvalue weighted by molar-refractivity contribution is 0.171. The molecule has 0 rings (SSSR count). The van der Waals surface area contributed by atoms with Crippen molar-refractivity contribution in [3.05, 3.63) is 12.2 Å². The minimum absolute atomic E-state index is 0.257. The van der Waals surface area contributed by atoms with Gasteiger partial charge in [-0.3, -0.25) is 0 Å². The van der Waals surface area contributed by atoms with Crippen LogP contribution in [0.25, 0.3) is 0 Å². The Bertz CT molecular complexity index is 165. The molecular formula is C13H26O. The van der Waals surface area contributed by atoms with E-state index in [4.69, 9.17) is 0 Å². The molecule has 0 aliphatic heterocycles. The van der Waals surface area contributed by atoms with Crippen LogP contribution in [0.4, 0.5) is 0 Å². The highest BCUT2D eigenvalue weighted by Gasteiger charge is 2.16. The van der Waals surface area contributed by atoms with E-state index in [0.29, 0.717) is 11.3 Å². The largest absolute Gasteiger partial charge is 0.389 e. The Morgan fingerprint density at radius 1 is 1.29 bits per heavy atom. The summed E-state index contributed by atoms with van der Waals surface area (Å²) in [5, 5.41) is 9.66. The number of hydrogen-bond donors (Lipinski definition) is 1. The molecule has 0 heterocycles. The quantitative estimate of drug-likeness (QED) is 0.667. The number of hydrogen-bond acceptors (Lipinski definition) is 1. The Balaban J connectivity index is 3.82. The molecule has 0 spiro atoms. The lowest BCUT2D eigenvalue weighted by Crippen LogP contribution is -2.15. The molecular weight excluding hydrogens is 172 g/mol. The van der Waals surface area contributed by atoms with Crippen LogP contribution >= 0.6 is 0 Å². The Kier molecular flexibility index (Phi) is 6.10. The monoisotopic (exact) mass is 198 g/mol. The summed E-state index contributed by atoms with van der Waals surface area (Å²) in [6.07, 6.45) is 6.75. The summed E-state index contributed by atoms with van der Waals surface area (Å²) in [5.41, 5.74) is 0.369. The van der Waals surface area contributed by atoms with Crippen molar-refractivity contribution in [3.63, 3.8) is 0 Å². The predicted octanol–water partition coefficient (Wildman–Crippen LogP) is 3.78. The first kappa shape index (κ1) is 13.7. The average molecular weight is 198 g/mol. The molecule has 1 heteroatoms. The SMILES string of the molecule is CCC=CC(O)CC(C)CC(C)(C)C. The Labute approximate surface area is 89.2 Å². The van der Waals surface area contributed by atoms with Crippen molar-refractivity contribution in [1.82, 2.24) is 0 Å². The van der Waals surface area contributed by atoms with E-state index >= 15 is 0 Å². The first-order valence-electron chi connectivity index (χ1n) is 5.70. The fourth-order valence-electron chi connectivity index (χ4n) is 1.91. The highest BCUT2D eigenvalue weighted by Crippen LogP contribution is 2.26. The van der Waals surface area contributed by atoms with E-state index in [1.54, 1.807) is 0 Å². The maximum atomic E-state index is 9.66. The summed E-state index contributed by atoms with van der Waals surface area (Å²) in [4.78, 5) is 0. The van der Waals surface area contributed by atoms with Gasteiger partial charge in [0.05, 0.1) is 6.10 Å². The van der Waals surface area contributed by atoms with E-state index < -0.39 is 0 Å².